The highest BCUT2D eigenvalue weighted by Gasteiger charge is 2.22. The molecule has 0 fully saturated rings. The van der Waals surface area contributed by atoms with E-state index in [1.54, 1.807) is 26.1 Å². The average Bonchev–Trinajstić information content (AvgIpc) is 2.81. The fraction of sp³-hybridized carbons (Fsp3) is 0.357. The van der Waals surface area contributed by atoms with Crippen molar-refractivity contribution >= 4 is 15.7 Å². The molecule has 0 spiro atoms. The standard InChI is InChI=1S/C14H19N3O3S/c1-8-5-12(6-13(15)10(8)3)21(18,19)17-11(4)14-16-7-9(2)20-14/h5-7,11,17H,15H2,1-4H3. The molecule has 114 valence electrons. The fourth-order valence-corrected chi connectivity index (χ4v) is 3.25. The summed E-state index contributed by atoms with van der Waals surface area (Å²) in [4.78, 5) is 4.16. The van der Waals surface area contributed by atoms with Crippen molar-refractivity contribution in [3.8, 4) is 0 Å². The van der Waals surface area contributed by atoms with E-state index >= 15 is 0 Å². The zero-order valence-corrected chi connectivity index (χ0v) is 13.3. The number of benzene rings is 1. The van der Waals surface area contributed by atoms with Gasteiger partial charge in [0.1, 0.15) is 5.76 Å². The summed E-state index contributed by atoms with van der Waals surface area (Å²) in [5, 5.41) is 0. The maximum Gasteiger partial charge on any atom is 0.241 e. The summed E-state index contributed by atoms with van der Waals surface area (Å²) >= 11 is 0. The molecule has 0 aliphatic rings. The van der Waals surface area contributed by atoms with Gasteiger partial charge < -0.3 is 10.2 Å². The first kappa shape index (κ1) is 15.5. The van der Waals surface area contributed by atoms with Crippen molar-refractivity contribution in [2.75, 3.05) is 5.73 Å². The van der Waals surface area contributed by atoms with Crippen LogP contribution in [0.1, 0.15) is 35.7 Å². The third-order valence-electron chi connectivity index (χ3n) is 3.33. The number of rotatable bonds is 4. The Kier molecular flexibility index (Phi) is 4.06. The maximum absolute atomic E-state index is 12.4. The molecule has 0 bridgehead atoms. The van der Waals surface area contributed by atoms with Gasteiger partial charge in [-0.15, -0.1) is 0 Å². The van der Waals surface area contributed by atoms with E-state index in [9.17, 15) is 8.42 Å². The lowest BCUT2D eigenvalue weighted by molar-refractivity contribution is 0.428. The van der Waals surface area contributed by atoms with Gasteiger partial charge >= 0.3 is 0 Å². The maximum atomic E-state index is 12.4. The van der Waals surface area contributed by atoms with Crippen LogP contribution in [0, 0.1) is 20.8 Å². The summed E-state index contributed by atoms with van der Waals surface area (Å²) in [5.74, 6) is 0.958. The van der Waals surface area contributed by atoms with Crippen LogP contribution in [0.3, 0.4) is 0 Å². The molecule has 1 atom stereocenters. The number of nitrogen functional groups attached to an aromatic ring is 1. The molecular formula is C14H19N3O3S. The number of hydrogen-bond acceptors (Lipinski definition) is 5. The van der Waals surface area contributed by atoms with Crippen LogP contribution in [0.2, 0.25) is 0 Å². The Bertz CT molecular complexity index is 743. The number of nitrogens with one attached hydrogen (secondary N) is 1. The third kappa shape index (κ3) is 3.25. The monoisotopic (exact) mass is 309 g/mol. The predicted molar refractivity (Wildman–Crippen MR) is 80.3 cm³/mol. The summed E-state index contributed by atoms with van der Waals surface area (Å²) in [5.41, 5.74) is 8.00. The van der Waals surface area contributed by atoms with Crippen LogP contribution >= 0.6 is 0 Å². The van der Waals surface area contributed by atoms with Crippen molar-refractivity contribution in [1.29, 1.82) is 0 Å². The molecule has 6 nitrogen and oxygen atoms in total. The number of oxazole rings is 1. The van der Waals surface area contributed by atoms with Crippen molar-refractivity contribution in [3.63, 3.8) is 0 Å². The van der Waals surface area contributed by atoms with Gasteiger partial charge in [-0.3, -0.25) is 0 Å². The molecule has 21 heavy (non-hydrogen) atoms. The van der Waals surface area contributed by atoms with E-state index in [0.29, 0.717) is 17.3 Å². The van der Waals surface area contributed by atoms with Crippen LogP contribution in [-0.2, 0) is 10.0 Å². The molecular weight excluding hydrogens is 290 g/mol. The predicted octanol–water partition coefficient (Wildman–Crippen LogP) is 2.22. The molecule has 0 saturated carbocycles. The van der Waals surface area contributed by atoms with E-state index < -0.39 is 16.1 Å². The van der Waals surface area contributed by atoms with E-state index in [1.807, 2.05) is 13.8 Å². The molecule has 0 saturated heterocycles. The quantitative estimate of drug-likeness (QED) is 0.844. The van der Waals surface area contributed by atoms with Crippen LogP contribution in [0.5, 0.6) is 0 Å². The Labute approximate surface area is 124 Å². The van der Waals surface area contributed by atoms with Gasteiger partial charge in [-0.25, -0.2) is 13.4 Å². The smallest absolute Gasteiger partial charge is 0.241 e. The summed E-state index contributed by atoms with van der Waals surface area (Å²) in [6.45, 7) is 7.10. The lowest BCUT2D eigenvalue weighted by atomic mass is 10.1. The minimum absolute atomic E-state index is 0.137. The summed E-state index contributed by atoms with van der Waals surface area (Å²) in [6, 6.07) is 2.49. The molecule has 2 aromatic rings. The van der Waals surface area contributed by atoms with Crippen molar-refractivity contribution in [3.05, 3.63) is 41.1 Å². The van der Waals surface area contributed by atoms with Gasteiger partial charge in [0.25, 0.3) is 0 Å². The largest absolute Gasteiger partial charge is 0.444 e. The first-order valence-corrected chi connectivity index (χ1v) is 8.00. The van der Waals surface area contributed by atoms with Crippen LogP contribution in [0.4, 0.5) is 5.69 Å². The van der Waals surface area contributed by atoms with Crippen molar-refractivity contribution in [2.24, 2.45) is 0 Å². The Morgan fingerprint density at radius 2 is 1.95 bits per heavy atom. The highest BCUT2D eigenvalue weighted by Crippen LogP contribution is 2.23. The summed E-state index contributed by atoms with van der Waals surface area (Å²) < 4.78 is 32.7. The van der Waals surface area contributed by atoms with Gasteiger partial charge in [0.2, 0.25) is 15.9 Å². The summed E-state index contributed by atoms with van der Waals surface area (Å²) in [7, 11) is -3.69. The number of nitrogens with zero attached hydrogens (tertiary/aromatic N) is 1. The Hall–Kier alpha value is -1.86. The van der Waals surface area contributed by atoms with E-state index in [1.165, 1.54) is 6.07 Å². The normalized spacial score (nSPS) is 13.3. The first-order chi connectivity index (χ1) is 9.70. The Morgan fingerprint density at radius 1 is 1.29 bits per heavy atom. The Morgan fingerprint density at radius 3 is 2.48 bits per heavy atom. The molecule has 1 heterocycles. The molecule has 0 aliphatic heterocycles. The highest BCUT2D eigenvalue weighted by molar-refractivity contribution is 7.89. The molecule has 0 radical (unpaired) electrons. The van der Waals surface area contributed by atoms with E-state index in [0.717, 1.165) is 11.1 Å². The van der Waals surface area contributed by atoms with Gasteiger partial charge in [0.15, 0.2) is 0 Å². The first-order valence-electron chi connectivity index (χ1n) is 6.52. The zero-order chi connectivity index (χ0) is 15.8. The van der Waals surface area contributed by atoms with Crippen LogP contribution in [0.25, 0.3) is 0 Å². The van der Waals surface area contributed by atoms with Crippen molar-refractivity contribution in [2.45, 2.75) is 38.6 Å². The third-order valence-corrected chi connectivity index (χ3v) is 4.85. The molecule has 7 heteroatoms. The number of sulfonamides is 1. The second kappa shape index (κ2) is 5.50. The van der Waals surface area contributed by atoms with Gasteiger partial charge in [-0.1, -0.05) is 0 Å². The van der Waals surface area contributed by atoms with E-state index in [4.69, 9.17) is 10.2 Å². The minimum Gasteiger partial charge on any atom is -0.444 e. The molecule has 1 unspecified atom stereocenters. The van der Waals surface area contributed by atoms with Gasteiger partial charge in [-0.05, 0) is 51.0 Å². The highest BCUT2D eigenvalue weighted by atomic mass is 32.2. The molecule has 1 aromatic heterocycles. The van der Waals surface area contributed by atoms with Gasteiger partial charge in [0, 0.05) is 5.69 Å². The van der Waals surface area contributed by atoms with Gasteiger partial charge in [0.05, 0.1) is 17.1 Å². The zero-order valence-electron chi connectivity index (χ0n) is 12.5. The lowest BCUT2D eigenvalue weighted by Gasteiger charge is -2.13. The van der Waals surface area contributed by atoms with E-state index in [-0.39, 0.29) is 4.90 Å². The minimum atomic E-state index is -3.69. The second-order valence-electron chi connectivity index (χ2n) is 5.11. The molecule has 1 aromatic carbocycles. The summed E-state index contributed by atoms with van der Waals surface area (Å²) in [6.07, 6.45) is 1.55. The average molecular weight is 309 g/mol. The number of aromatic nitrogens is 1. The van der Waals surface area contributed by atoms with E-state index in [2.05, 4.69) is 9.71 Å². The molecule has 3 N–H and O–H groups in total. The second-order valence-corrected chi connectivity index (χ2v) is 6.82. The molecule has 2 rings (SSSR count). The number of hydrogen-bond donors (Lipinski definition) is 2. The van der Waals surface area contributed by atoms with Crippen LogP contribution < -0.4 is 10.5 Å². The van der Waals surface area contributed by atoms with Crippen LogP contribution in [0.15, 0.2) is 27.6 Å². The lowest BCUT2D eigenvalue weighted by Crippen LogP contribution is -2.27. The fourth-order valence-electron chi connectivity index (χ4n) is 1.93. The number of anilines is 1. The number of nitrogens with two attached hydrogens (primary N) is 1. The molecule has 0 amide bonds. The van der Waals surface area contributed by atoms with Crippen molar-refractivity contribution < 1.29 is 12.8 Å². The molecule has 0 aliphatic carbocycles. The van der Waals surface area contributed by atoms with Crippen LogP contribution in [-0.4, -0.2) is 13.4 Å². The topological polar surface area (TPSA) is 98.2 Å². The van der Waals surface area contributed by atoms with Gasteiger partial charge in [-0.2, -0.15) is 4.72 Å². The number of aryl methyl sites for hydroxylation is 2. The Balaban J connectivity index is 2.30. The SMILES string of the molecule is Cc1cnc(C(C)NS(=O)(=O)c2cc(C)c(C)c(N)c2)o1. The van der Waals surface area contributed by atoms with Crippen molar-refractivity contribution in [1.82, 2.24) is 9.71 Å².